The van der Waals surface area contributed by atoms with E-state index in [1.165, 1.54) is 0 Å². The van der Waals surface area contributed by atoms with Crippen molar-refractivity contribution in [2.24, 2.45) is 13.0 Å². The van der Waals surface area contributed by atoms with Gasteiger partial charge in [0.1, 0.15) is 0 Å². The first-order valence-electron chi connectivity index (χ1n) is 7.68. The number of halogens is 1. The molecule has 1 aliphatic heterocycles. The Hall–Kier alpha value is -1.92. The summed E-state index contributed by atoms with van der Waals surface area (Å²) in [6.45, 7) is 2.65. The van der Waals surface area contributed by atoms with Gasteiger partial charge in [0.25, 0.3) is 0 Å². The van der Waals surface area contributed by atoms with Gasteiger partial charge in [0.15, 0.2) is 5.82 Å². The molecule has 1 amide bonds. The number of benzene rings is 1. The molecule has 122 valence electrons. The third-order valence-electron chi connectivity index (χ3n) is 4.06. The molecule has 2 atom stereocenters. The van der Waals surface area contributed by atoms with Gasteiger partial charge in [-0.25, -0.2) is 4.68 Å². The van der Waals surface area contributed by atoms with Crippen molar-refractivity contribution >= 4 is 23.5 Å². The van der Waals surface area contributed by atoms with Crippen molar-refractivity contribution in [3.8, 4) is 11.4 Å². The average molecular weight is 335 g/mol. The van der Waals surface area contributed by atoms with Crippen molar-refractivity contribution in [1.82, 2.24) is 14.8 Å². The fourth-order valence-corrected chi connectivity index (χ4v) is 3.02. The molecule has 23 heavy (non-hydrogen) atoms. The molecule has 1 saturated heterocycles. The molecule has 1 fully saturated rings. The van der Waals surface area contributed by atoms with E-state index in [4.69, 9.17) is 16.3 Å². The van der Waals surface area contributed by atoms with Crippen molar-refractivity contribution in [3.05, 3.63) is 29.3 Å². The first-order valence-corrected chi connectivity index (χ1v) is 8.06. The lowest BCUT2D eigenvalue weighted by Crippen LogP contribution is -2.30. The number of rotatable bonds is 4. The summed E-state index contributed by atoms with van der Waals surface area (Å²) >= 11 is 6.17. The third-order valence-corrected chi connectivity index (χ3v) is 4.39. The summed E-state index contributed by atoms with van der Waals surface area (Å²) in [5, 5.41) is 7.76. The smallest absolute Gasteiger partial charge is 0.232 e. The summed E-state index contributed by atoms with van der Waals surface area (Å²) in [5.41, 5.74) is 0.737. The Balaban J connectivity index is 1.79. The number of amides is 1. The summed E-state index contributed by atoms with van der Waals surface area (Å²) in [5.74, 6) is 0.686. The molecular formula is C16H19ClN4O2. The van der Waals surface area contributed by atoms with E-state index >= 15 is 0 Å². The number of hydrogen-bond donors (Lipinski definition) is 1. The summed E-state index contributed by atoms with van der Waals surface area (Å²) < 4.78 is 7.12. The van der Waals surface area contributed by atoms with Crippen LogP contribution in [-0.4, -0.2) is 33.4 Å². The Morgan fingerprint density at radius 1 is 1.48 bits per heavy atom. The van der Waals surface area contributed by atoms with Crippen LogP contribution in [0.4, 0.5) is 5.95 Å². The fraction of sp³-hybridized carbons (Fsp3) is 0.438. The van der Waals surface area contributed by atoms with Gasteiger partial charge in [-0.15, -0.1) is 5.10 Å². The normalized spacial score (nSPS) is 20.7. The molecule has 0 radical (unpaired) electrons. The molecule has 0 aliphatic carbocycles. The zero-order valence-corrected chi connectivity index (χ0v) is 13.9. The van der Waals surface area contributed by atoms with E-state index in [0.29, 0.717) is 23.4 Å². The maximum atomic E-state index is 12.5. The first kappa shape index (κ1) is 16.0. The Bertz CT molecular complexity index is 716. The van der Waals surface area contributed by atoms with Crippen molar-refractivity contribution < 1.29 is 9.53 Å². The monoisotopic (exact) mass is 334 g/mol. The van der Waals surface area contributed by atoms with E-state index in [-0.39, 0.29) is 17.9 Å². The number of nitrogens with zero attached hydrogens (tertiary/aromatic N) is 3. The van der Waals surface area contributed by atoms with Gasteiger partial charge in [-0.2, -0.15) is 4.98 Å². The van der Waals surface area contributed by atoms with E-state index in [0.717, 1.165) is 18.4 Å². The molecule has 0 spiro atoms. The van der Waals surface area contributed by atoms with Crippen molar-refractivity contribution in [3.63, 3.8) is 0 Å². The van der Waals surface area contributed by atoms with Crippen molar-refractivity contribution in [1.29, 1.82) is 0 Å². The fourth-order valence-electron chi connectivity index (χ4n) is 2.80. The zero-order chi connectivity index (χ0) is 16.4. The van der Waals surface area contributed by atoms with Gasteiger partial charge in [-0.05, 0) is 25.0 Å². The van der Waals surface area contributed by atoms with Crippen LogP contribution in [0.25, 0.3) is 11.4 Å². The number of carbonyl (C=O) groups excluding carboxylic acids is 1. The van der Waals surface area contributed by atoms with Gasteiger partial charge in [0.2, 0.25) is 11.9 Å². The van der Waals surface area contributed by atoms with Gasteiger partial charge < -0.3 is 4.74 Å². The highest BCUT2D eigenvalue weighted by Crippen LogP contribution is 2.27. The van der Waals surface area contributed by atoms with Crippen molar-refractivity contribution in [2.75, 3.05) is 11.9 Å². The van der Waals surface area contributed by atoms with Crippen LogP contribution in [0.1, 0.15) is 19.8 Å². The summed E-state index contributed by atoms with van der Waals surface area (Å²) in [6.07, 6.45) is 1.53. The second-order valence-corrected chi connectivity index (χ2v) is 5.97. The van der Waals surface area contributed by atoms with Crippen LogP contribution >= 0.6 is 11.6 Å². The Labute approximate surface area is 139 Å². The number of ether oxygens (including phenoxy) is 1. The molecule has 1 aromatic heterocycles. The molecule has 0 unspecified atom stereocenters. The Kier molecular flexibility index (Phi) is 4.63. The second-order valence-electron chi connectivity index (χ2n) is 5.56. The van der Waals surface area contributed by atoms with Crippen molar-refractivity contribution in [2.45, 2.75) is 25.9 Å². The topological polar surface area (TPSA) is 69.0 Å². The predicted octanol–water partition coefficient (Wildman–Crippen LogP) is 2.89. The molecule has 2 heterocycles. The van der Waals surface area contributed by atoms with Gasteiger partial charge in [0.05, 0.1) is 17.0 Å². The molecule has 1 aromatic carbocycles. The van der Waals surface area contributed by atoms with E-state index < -0.39 is 0 Å². The van der Waals surface area contributed by atoms with E-state index in [1.54, 1.807) is 17.8 Å². The number of hydrogen-bond acceptors (Lipinski definition) is 4. The van der Waals surface area contributed by atoms with E-state index in [2.05, 4.69) is 15.4 Å². The van der Waals surface area contributed by atoms with Crippen LogP contribution < -0.4 is 5.32 Å². The first-order chi connectivity index (χ1) is 11.1. The molecule has 0 saturated carbocycles. The largest absolute Gasteiger partial charge is 0.377 e. The molecular weight excluding hydrogens is 316 g/mol. The van der Waals surface area contributed by atoms with Gasteiger partial charge in [0, 0.05) is 19.2 Å². The molecule has 3 rings (SSSR count). The molecule has 2 aromatic rings. The van der Waals surface area contributed by atoms with E-state index in [1.807, 2.05) is 25.1 Å². The minimum Gasteiger partial charge on any atom is -0.377 e. The predicted molar refractivity (Wildman–Crippen MR) is 88.2 cm³/mol. The molecule has 1 aliphatic rings. The van der Waals surface area contributed by atoms with Crippen LogP contribution in [0, 0.1) is 5.92 Å². The molecule has 6 nitrogen and oxygen atoms in total. The number of nitrogens with one attached hydrogen (secondary N) is 1. The molecule has 7 heteroatoms. The summed E-state index contributed by atoms with van der Waals surface area (Å²) in [7, 11) is 1.74. The quantitative estimate of drug-likeness (QED) is 0.933. The van der Waals surface area contributed by atoms with Crippen LogP contribution in [0.2, 0.25) is 5.02 Å². The number of anilines is 1. The van der Waals surface area contributed by atoms with Crippen LogP contribution in [0.3, 0.4) is 0 Å². The second kappa shape index (κ2) is 6.68. The lowest BCUT2D eigenvalue weighted by molar-refractivity contribution is -0.121. The molecule has 1 N–H and O–H groups in total. The summed E-state index contributed by atoms with van der Waals surface area (Å²) in [6, 6.07) is 7.36. The van der Waals surface area contributed by atoms with Crippen LogP contribution in [0.5, 0.6) is 0 Å². The maximum absolute atomic E-state index is 12.5. The zero-order valence-electron chi connectivity index (χ0n) is 13.1. The Morgan fingerprint density at radius 2 is 2.26 bits per heavy atom. The average Bonchev–Trinajstić information content (AvgIpc) is 3.15. The number of aryl methyl sites for hydroxylation is 1. The van der Waals surface area contributed by atoms with Gasteiger partial charge >= 0.3 is 0 Å². The van der Waals surface area contributed by atoms with Crippen LogP contribution in [-0.2, 0) is 16.6 Å². The lowest BCUT2D eigenvalue weighted by atomic mass is 9.99. The van der Waals surface area contributed by atoms with Gasteiger partial charge in [-0.1, -0.05) is 30.7 Å². The standard InChI is InChI=1S/C16H19ClN4O2/c1-3-13-11(8-9-23-13)15(22)19-16-18-14(20-21(16)2)10-6-4-5-7-12(10)17/h4-7,11,13H,3,8-9H2,1-2H3,(H,18,19,20,22)/t11-,13+/m1/s1. The Morgan fingerprint density at radius 3 is 3.00 bits per heavy atom. The number of carbonyl (C=O) groups is 1. The van der Waals surface area contributed by atoms with Crippen LogP contribution in [0.15, 0.2) is 24.3 Å². The lowest BCUT2D eigenvalue weighted by Gasteiger charge is -2.15. The third kappa shape index (κ3) is 3.23. The highest BCUT2D eigenvalue weighted by Gasteiger charge is 2.33. The van der Waals surface area contributed by atoms with E-state index in [9.17, 15) is 4.79 Å². The number of aromatic nitrogens is 3. The molecule has 0 bridgehead atoms. The highest BCUT2D eigenvalue weighted by molar-refractivity contribution is 6.33. The van der Waals surface area contributed by atoms with Gasteiger partial charge in [-0.3, -0.25) is 10.1 Å². The highest BCUT2D eigenvalue weighted by atomic mass is 35.5. The minimum absolute atomic E-state index is 0.0220. The summed E-state index contributed by atoms with van der Waals surface area (Å²) in [4.78, 5) is 16.8. The SMILES string of the molecule is CC[C@@H]1OCC[C@H]1C(=O)Nc1nc(-c2ccccc2Cl)nn1C. The maximum Gasteiger partial charge on any atom is 0.232 e. The minimum atomic E-state index is -0.138.